The Balaban J connectivity index is 2.08. The van der Waals surface area contributed by atoms with Crippen LogP contribution < -0.4 is 10.2 Å². The second-order valence-corrected chi connectivity index (χ2v) is 4.68. The number of carbonyl (C=O) groups is 1. The monoisotopic (exact) mass is 286 g/mol. The molecule has 0 radical (unpaired) electrons. The third kappa shape index (κ3) is 3.81. The quantitative estimate of drug-likeness (QED) is 0.903. The van der Waals surface area contributed by atoms with E-state index in [1.165, 1.54) is 18.2 Å². The summed E-state index contributed by atoms with van der Waals surface area (Å²) in [4.78, 5) is 14.2. The molecule has 2 aromatic carbocycles. The number of hydrogen-bond acceptors (Lipinski definition) is 2. The minimum Gasteiger partial charge on any atom is -0.372 e. The van der Waals surface area contributed by atoms with Gasteiger partial charge in [0.15, 0.2) is 0 Å². The minimum atomic E-state index is -0.417. The van der Waals surface area contributed by atoms with E-state index in [4.69, 9.17) is 0 Å². The number of nitrogens with zero attached hydrogens (tertiary/aromatic N) is 1. The lowest BCUT2D eigenvalue weighted by Gasteiger charge is -2.21. The molecule has 0 aliphatic heterocycles. The zero-order chi connectivity index (χ0) is 15.2. The molecule has 2 aromatic rings. The molecule has 4 heteroatoms. The average Bonchev–Trinajstić information content (AvgIpc) is 2.50. The first kappa shape index (κ1) is 15.0. The summed E-state index contributed by atoms with van der Waals surface area (Å²) in [6.07, 6.45) is 0. The van der Waals surface area contributed by atoms with Gasteiger partial charge in [0.05, 0.1) is 0 Å². The van der Waals surface area contributed by atoms with Gasteiger partial charge in [0.25, 0.3) is 5.91 Å². The molecule has 0 bridgehead atoms. The van der Waals surface area contributed by atoms with Crippen molar-refractivity contribution in [1.29, 1.82) is 0 Å². The van der Waals surface area contributed by atoms with Gasteiger partial charge in [0, 0.05) is 30.0 Å². The summed E-state index contributed by atoms with van der Waals surface area (Å²) in [6, 6.07) is 13.3. The molecule has 2 rings (SSSR count). The summed E-state index contributed by atoms with van der Waals surface area (Å²) in [7, 11) is 0. The number of benzene rings is 2. The fraction of sp³-hybridized carbons (Fsp3) is 0.235. The number of hydrogen-bond donors (Lipinski definition) is 1. The second-order valence-electron chi connectivity index (χ2n) is 4.68. The number of amides is 1. The highest BCUT2D eigenvalue weighted by Crippen LogP contribution is 2.18. The van der Waals surface area contributed by atoms with Gasteiger partial charge in [0.1, 0.15) is 5.82 Å². The standard InChI is InChI=1S/C17H19FN2O/c1-3-20(4-2)16-10-8-15(9-11-16)19-17(21)13-6-5-7-14(18)12-13/h5-12H,3-4H2,1-2H3,(H,19,21). The number of nitrogens with one attached hydrogen (secondary N) is 1. The molecule has 0 fully saturated rings. The van der Waals surface area contributed by atoms with Crippen LogP contribution in [0, 0.1) is 5.82 Å². The number of rotatable bonds is 5. The maximum absolute atomic E-state index is 13.1. The maximum Gasteiger partial charge on any atom is 0.255 e. The van der Waals surface area contributed by atoms with Gasteiger partial charge in [0.2, 0.25) is 0 Å². The van der Waals surface area contributed by atoms with Crippen molar-refractivity contribution in [1.82, 2.24) is 0 Å². The number of anilines is 2. The van der Waals surface area contributed by atoms with Crippen molar-refractivity contribution in [3.8, 4) is 0 Å². The average molecular weight is 286 g/mol. The van der Waals surface area contributed by atoms with Crippen molar-refractivity contribution < 1.29 is 9.18 Å². The first-order valence-corrected chi connectivity index (χ1v) is 7.06. The van der Waals surface area contributed by atoms with E-state index in [0.717, 1.165) is 18.8 Å². The van der Waals surface area contributed by atoms with Crippen LogP contribution in [0.15, 0.2) is 48.5 Å². The van der Waals surface area contributed by atoms with Gasteiger partial charge in [-0.3, -0.25) is 4.79 Å². The molecular weight excluding hydrogens is 267 g/mol. The Morgan fingerprint density at radius 1 is 1.10 bits per heavy atom. The van der Waals surface area contributed by atoms with Crippen LogP contribution in [0.5, 0.6) is 0 Å². The van der Waals surface area contributed by atoms with E-state index in [1.54, 1.807) is 6.07 Å². The van der Waals surface area contributed by atoms with Crippen molar-refractivity contribution in [2.24, 2.45) is 0 Å². The summed E-state index contributed by atoms with van der Waals surface area (Å²) in [5.41, 5.74) is 2.12. The molecule has 0 aliphatic rings. The smallest absolute Gasteiger partial charge is 0.255 e. The van der Waals surface area contributed by atoms with E-state index in [0.29, 0.717) is 11.3 Å². The van der Waals surface area contributed by atoms with Gasteiger partial charge in [-0.05, 0) is 56.3 Å². The molecule has 21 heavy (non-hydrogen) atoms. The lowest BCUT2D eigenvalue weighted by atomic mass is 10.2. The van der Waals surface area contributed by atoms with Gasteiger partial charge in [-0.1, -0.05) is 6.07 Å². The third-order valence-corrected chi connectivity index (χ3v) is 3.34. The van der Waals surface area contributed by atoms with E-state index < -0.39 is 5.82 Å². The molecule has 1 amide bonds. The topological polar surface area (TPSA) is 32.3 Å². The zero-order valence-corrected chi connectivity index (χ0v) is 12.3. The molecule has 0 saturated heterocycles. The number of halogens is 1. The van der Waals surface area contributed by atoms with Crippen molar-refractivity contribution in [3.05, 3.63) is 59.9 Å². The Morgan fingerprint density at radius 2 is 1.76 bits per heavy atom. The van der Waals surface area contributed by atoms with Crippen LogP contribution >= 0.6 is 0 Å². The minimum absolute atomic E-state index is 0.308. The summed E-state index contributed by atoms with van der Waals surface area (Å²) in [5, 5.41) is 2.76. The van der Waals surface area contributed by atoms with Crippen LogP contribution in [-0.2, 0) is 0 Å². The Kier molecular flexibility index (Phi) is 4.93. The molecule has 0 heterocycles. The van der Waals surface area contributed by atoms with E-state index >= 15 is 0 Å². The Hall–Kier alpha value is -2.36. The highest BCUT2D eigenvalue weighted by atomic mass is 19.1. The zero-order valence-electron chi connectivity index (χ0n) is 12.3. The molecule has 0 aromatic heterocycles. The SMILES string of the molecule is CCN(CC)c1ccc(NC(=O)c2cccc(F)c2)cc1. The van der Waals surface area contributed by atoms with E-state index in [9.17, 15) is 9.18 Å². The Bertz CT molecular complexity index is 606. The molecule has 0 spiro atoms. The molecular formula is C17H19FN2O. The van der Waals surface area contributed by atoms with Crippen LogP contribution in [0.4, 0.5) is 15.8 Å². The molecule has 0 saturated carbocycles. The van der Waals surface area contributed by atoms with E-state index in [1.807, 2.05) is 24.3 Å². The number of carbonyl (C=O) groups excluding carboxylic acids is 1. The first-order chi connectivity index (χ1) is 10.1. The van der Waals surface area contributed by atoms with Gasteiger partial charge in [-0.25, -0.2) is 4.39 Å². The summed E-state index contributed by atoms with van der Waals surface area (Å²) >= 11 is 0. The highest BCUT2D eigenvalue weighted by molar-refractivity contribution is 6.04. The molecule has 0 aliphatic carbocycles. The lowest BCUT2D eigenvalue weighted by Crippen LogP contribution is -2.21. The van der Waals surface area contributed by atoms with Gasteiger partial charge in [-0.2, -0.15) is 0 Å². The molecule has 110 valence electrons. The summed E-state index contributed by atoms with van der Waals surface area (Å²) in [5.74, 6) is -0.732. The molecule has 0 atom stereocenters. The van der Waals surface area contributed by atoms with Crippen LogP contribution in [0.1, 0.15) is 24.2 Å². The predicted molar refractivity (Wildman–Crippen MR) is 84.4 cm³/mol. The Morgan fingerprint density at radius 3 is 2.33 bits per heavy atom. The van der Waals surface area contributed by atoms with Crippen LogP contribution in [0.2, 0.25) is 0 Å². The fourth-order valence-corrected chi connectivity index (χ4v) is 2.18. The van der Waals surface area contributed by atoms with E-state index in [-0.39, 0.29) is 5.91 Å². The van der Waals surface area contributed by atoms with Crippen LogP contribution in [0.3, 0.4) is 0 Å². The molecule has 1 N–H and O–H groups in total. The Labute approximate surface area is 124 Å². The second kappa shape index (κ2) is 6.88. The predicted octanol–water partition coefficient (Wildman–Crippen LogP) is 3.92. The summed E-state index contributed by atoms with van der Waals surface area (Å²) in [6.45, 7) is 6.07. The maximum atomic E-state index is 13.1. The third-order valence-electron chi connectivity index (χ3n) is 3.34. The van der Waals surface area contributed by atoms with Gasteiger partial charge in [-0.15, -0.1) is 0 Å². The fourth-order valence-electron chi connectivity index (χ4n) is 2.18. The summed E-state index contributed by atoms with van der Waals surface area (Å²) < 4.78 is 13.1. The highest BCUT2D eigenvalue weighted by Gasteiger charge is 2.07. The lowest BCUT2D eigenvalue weighted by molar-refractivity contribution is 0.102. The van der Waals surface area contributed by atoms with Crippen molar-refractivity contribution in [3.63, 3.8) is 0 Å². The normalized spacial score (nSPS) is 10.2. The van der Waals surface area contributed by atoms with Crippen molar-refractivity contribution in [2.75, 3.05) is 23.3 Å². The van der Waals surface area contributed by atoms with Crippen molar-refractivity contribution in [2.45, 2.75) is 13.8 Å². The van der Waals surface area contributed by atoms with E-state index in [2.05, 4.69) is 24.1 Å². The first-order valence-electron chi connectivity index (χ1n) is 7.06. The van der Waals surface area contributed by atoms with Gasteiger partial charge >= 0.3 is 0 Å². The largest absolute Gasteiger partial charge is 0.372 e. The van der Waals surface area contributed by atoms with Crippen molar-refractivity contribution >= 4 is 17.3 Å². The van der Waals surface area contributed by atoms with Crippen LogP contribution in [-0.4, -0.2) is 19.0 Å². The molecule has 3 nitrogen and oxygen atoms in total. The van der Waals surface area contributed by atoms with Crippen LogP contribution in [0.25, 0.3) is 0 Å². The molecule has 0 unspecified atom stereocenters. The van der Waals surface area contributed by atoms with Gasteiger partial charge < -0.3 is 10.2 Å².